The second-order valence-electron chi connectivity index (χ2n) is 5.77. The molecule has 1 aromatic carbocycles. The minimum Gasteiger partial charge on any atom is -0.478 e. The number of thioether (sulfide) groups is 1. The van der Waals surface area contributed by atoms with Crippen LogP contribution in [0.25, 0.3) is 6.08 Å². The first-order chi connectivity index (χ1) is 11.1. The van der Waals surface area contributed by atoms with E-state index in [1.165, 1.54) is 24.2 Å². The van der Waals surface area contributed by atoms with Gasteiger partial charge in [0.15, 0.2) is 0 Å². The number of carbonyl (C=O) groups excluding carboxylic acids is 1. The molecule has 1 heterocycles. The van der Waals surface area contributed by atoms with Crippen LogP contribution in [0.4, 0.5) is 0 Å². The summed E-state index contributed by atoms with van der Waals surface area (Å²) < 4.78 is 0.613. The molecule has 1 saturated heterocycles. The number of nitrogens with zero attached hydrogens (tertiary/aromatic N) is 1. The van der Waals surface area contributed by atoms with Crippen LogP contribution in [0.1, 0.15) is 48.0 Å². The van der Waals surface area contributed by atoms with Gasteiger partial charge in [0.25, 0.3) is 5.91 Å². The summed E-state index contributed by atoms with van der Waals surface area (Å²) in [6.45, 7) is 0. The quantitative estimate of drug-likeness (QED) is 0.663. The first kappa shape index (κ1) is 16.2. The van der Waals surface area contributed by atoms with E-state index >= 15 is 0 Å². The molecule has 1 N–H and O–H groups in total. The zero-order valence-electron chi connectivity index (χ0n) is 12.5. The average Bonchev–Trinajstić information content (AvgIpc) is 2.82. The number of rotatable bonds is 3. The van der Waals surface area contributed by atoms with E-state index in [4.69, 9.17) is 17.3 Å². The van der Waals surface area contributed by atoms with Crippen LogP contribution in [0.2, 0.25) is 0 Å². The monoisotopic (exact) mass is 347 g/mol. The van der Waals surface area contributed by atoms with E-state index in [0.29, 0.717) is 14.8 Å². The van der Waals surface area contributed by atoms with Crippen LogP contribution in [-0.4, -0.2) is 32.2 Å². The SMILES string of the molecule is O=C(O)c1cccc(/C=C2\SC(=S)N(C3CCCCC3)C2=O)c1. The summed E-state index contributed by atoms with van der Waals surface area (Å²) in [7, 11) is 0. The Morgan fingerprint density at radius 3 is 2.74 bits per heavy atom. The molecule has 1 saturated carbocycles. The summed E-state index contributed by atoms with van der Waals surface area (Å²) in [5, 5.41) is 9.05. The van der Waals surface area contributed by atoms with Crippen molar-refractivity contribution in [2.45, 2.75) is 38.1 Å². The zero-order valence-corrected chi connectivity index (χ0v) is 14.2. The highest BCUT2D eigenvalue weighted by Crippen LogP contribution is 2.37. The summed E-state index contributed by atoms with van der Waals surface area (Å²) in [5.74, 6) is -1.03. The first-order valence-electron chi connectivity index (χ1n) is 7.66. The summed E-state index contributed by atoms with van der Waals surface area (Å²) in [6.07, 6.45) is 7.25. The molecule has 23 heavy (non-hydrogen) atoms. The zero-order chi connectivity index (χ0) is 16.4. The van der Waals surface area contributed by atoms with E-state index in [-0.39, 0.29) is 17.5 Å². The minimum atomic E-state index is -0.977. The third-order valence-corrected chi connectivity index (χ3v) is 5.53. The highest BCUT2D eigenvalue weighted by Gasteiger charge is 2.37. The fraction of sp³-hybridized carbons (Fsp3) is 0.353. The Balaban J connectivity index is 1.83. The number of carbonyl (C=O) groups is 2. The maximum atomic E-state index is 12.7. The third kappa shape index (κ3) is 3.48. The standard InChI is InChI=1S/C17H17NO3S2/c19-15-14(10-11-5-4-6-12(9-11)16(20)21)23-17(22)18(15)13-7-2-1-3-8-13/h4-6,9-10,13H,1-3,7-8H2,(H,20,21)/b14-10-. The van der Waals surface area contributed by atoms with Gasteiger partial charge >= 0.3 is 5.97 Å². The molecular formula is C17H17NO3S2. The Kier molecular flexibility index (Phi) is 4.82. The van der Waals surface area contributed by atoms with Gasteiger partial charge in [0.2, 0.25) is 0 Å². The lowest BCUT2D eigenvalue weighted by Gasteiger charge is -2.29. The summed E-state index contributed by atoms with van der Waals surface area (Å²) in [5.41, 5.74) is 0.913. The molecule has 120 valence electrons. The van der Waals surface area contributed by atoms with E-state index in [1.807, 2.05) is 0 Å². The van der Waals surface area contributed by atoms with Crippen molar-refractivity contribution in [2.24, 2.45) is 0 Å². The lowest BCUT2D eigenvalue weighted by molar-refractivity contribution is -0.124. The molecule has 1 aliphatic heterocycles. The molecule has 0 radical (unpaired) electrons. The summed E-state index contributed by atoms with van der Waals surface area (Å²) in [6, 6.07) is 6.78. The van der Waals surface area contributed by atoms with Gasteiger partial charge < -0.3 is 5.11 Å². The van der Waals surface area contributed by atoms with Gasteiger partial charge in [-0.1, -0.05) is 55.4 Å². The Morgan fingerprint density at radius 2 is 2.04 bits per heavy atom. The molecule has 1 aromatic rings. The van der Waals surface area contributed by atoms with Crippen LogP contribution >= 0.6 is 24.0 Å². The Labute approximate surface area is 144 Å². The van der Waals surface area contributed by atoms with Gasteiger partial charge in [-0.3, -0.25) is 9.69 Å². The van der Waals surface area contributed by atoms with E-state index in [2.05, 4.69) is 0 Å². The fourth-order valence-corrected chi connectivity index (χ4v) is 4.45. The summed E-state index contributed by atoms with van der Waals surface area (Å²) >= 11 is 6.70. The van der Waals surface area contributed by atoms with Crippen LogP contribution in [-0.2, 0) is 4.79 Å². The van der Waals surface area contributed by atoms with Gasteiger partial charge in [-0.05, 0) is 36.6 Å². The number of hydrogen-bond acceptors (Lipinski definition) is 4. The number of carboxylic acid groups (broad SMARTS) is 1. The number of amides is 1. The maximum Gasteiger partial charge on any atom is 0.335 e. The van der Waals surface area contributed by atoms with Crippen LogP contribution in [0.3, 0.4) is 0 Å². The number of aromatic carboxylic acids is 1. The van der Waals surface area contributed by atoms with Crippen molar-refractivity contribution >= 4 is 46.3 Å². The van der Waals surface area contributed by atoms with Crippen molar-refractivity contribution in [3.8, 4) is 0 Å². The Morgan fingerprint density at radius 1 is 1.30 bits per heavy atom. The van der Waals surface area contributed by atoms with Crippen LogP contribution in [0.15, 0.2) is 29.2 Å². The second-order valence-corrected chi connectivity index (χ2v) is 7.45. The van der Waals surface area contributed by atoms with E-state index in [1.54, 1.807) is 29.2 Å². The normalized spacial score (nSPS) is 21.2. The number of thiocarbonyl (C=S) groups is 1. The highest BCUT2D eigenvalue weighted by atomic mass is 32.2. The van der Waals surface area contributed by atoms with Gasteiger partial charge in [-0.25, -0.2) is 4.79 Å². The van der Waals surface area contributed by atoms with Crippen molar-refractivity contribution in [1.29, 1.82) is 0 Å². The Hall–Kier alpha value is -1.66. The molecule has 0 spiro atoms. The van der Waals surface area contributed by atoms with Gasteiger partial charge in [-0.15, -0.1) is 0 Å². The van der Waals surface area contributed by atoms with Gasteiger partial charge in [0, 0.05) is 6.04 Å². The lowest BCUT2D eigenvalue weighted by Crippen LogP contribution is -2.39. The van der Waals surface area contributed by atoms with E-state index < -0.39 is 5.97 Å². The molecule has 0 atom stereocenters. The molecule has 3 rings (SSSR count). The number of benzene rings is 1. The smallest absolute Gasteiger partial charge is 0.335 e. The van der Waals surface area contributed by atoms with Crippen molar-refractivity contribution < 1.29 is 14.7 Å². The predicted molar refractivity (Wildman–Crippen MR) is 95.3 cm³/mol. The number of hydrogen-bond donors (Lipinski definition) is 1. The maximum absolute atomic E-state index is 12.7. The van der Waals surface area contributed by atoms with Gasteiger partial charge in [0.05, 0.1) is 10.5 Å². The largest absolute Gasteiger partial charge is 0.478 e. The summed E-state index contributed by atoms with van der Waals surface area (Å²) in [4.78, 5) is 26.0. The van der Waals surface area contributed by atoms with Crippen LogP contribution in [0, 0.1) is 0 Å². The molecule has 0 aromatic heterocycles. The van der Waals surface area contributed by atoms with Crippen LogP contribution < -0.4 is 0 Å². The molecule has 0 unspecified atom stereocenters. The van der Waals surface area contributed by atoms with Crippen molar-refractivity contribution in [3.05, 3.63) is 40.3 Å². The van der Waals surface area contributed by atoms with Gasteiger partial charge in [-0.2, -0.15) is 0 Å². The predicted octanol–water partition coefficient (Wildman–Crippen LogP) is 3.92. The minimum absolute atomic E-state index is 0.0485. The van der Waals surface area contributed by atoms with Gasteiger partial charge in [0.1, 0.15) is 4.32 Å². The van der Waals surface area contributed by atoms with Crippen molar-refractivity contribution in [1.82, 2.24) is 4.90 Å². The topological polar surface area (TPSA) is 57.6 Å². The Bertz CT molecular complexity index is 693. The third-order valence-electron chi connectivity index (χ3n) is 4.19. The van der Waals surface area contributed by atoms with E-state index in [9.17, 15) is 9.59 Å². The lowest BCUT2D eigenvalue weighted by atomic mass is 9.94. The van der Waals surface area contributed by atoms with E-state index in [0.717, 1.165) is 25.7 Å². The molecule has 2 fully saturated rings. The highest BCUT2D eigenvalue weighted by molar-refractivity contribution is 8.26. The first-order valence-corrected chi connectivity index (χ1v) is 8.89. The average molecular weight is 347 g/mol. The molecule has 2 aliphatic rings. The van der Waals surface area contributed by atoms with Crippen LogP contribution in [0.5, 0.6) is 0 Å². The van der Waals surface area contributed by atoms with Crippen molar-refractivity contribution in [3.63, 3.8) is 0 Å². The molecule has 1 amide bonds. The molecule has 0 bridgehead atoms. The molecule has 1 aliphatic carbocycles. The molecule has 6 heteroatoms. The second kappa shape index (κ2) is 6.84. The molecular weight excluding hydrogens is 330 g/mol. The fourth-order valence-electron chi connectivity index (χ4n) is 3.05. The molecule has 4 nitrogen and oxygen atoms in total. The number of carboxylic acids is 1. The van der Waals surface area contributed by atoms with Crippen molar-refractivity contribution in [2.75, 3.05) is 0 Å².